The average molecular weight is 111 g/mol. The second-order valence-electron chi connectivity index (χ2n) is 1.74. The summed E-state index contributed by atoms with van der Waals surface area (Å²) in [4.78, 5) is 0. The summed E-state index contributed by atoms with van der Waals surface area (Å²) in [6.07, 6.45) is 3.76. The van der Waals surface area contributed by atoms with Crippen molar-refractivity contribution in [1.82, 2.24) is 5.16 Å². The van der Waals surface area contributed by atoms with Crippen LogP contribution in [0.5, 0.6) is 0 Å². The molecule has 1 aromatic heterocycles. The van der Waals surface area contributed by atoms with E-state index < -0.39 is 0 Å². The van der Waals surface area contributed by atoms with Crippen LogP contribution in [0.15, 0.2) is 16.9 Å². The molecule has 1 heterocycles. The largest absolute Gasteiger partial charge is 0.365 e. The van der Waals surface area contributed by atoms with Crippen LogP contribution < -0.4 is 0 Å². The summed E-state index contributed by atoms with van der Waals surface area (Å²) in [6, 6.07) is 1.89. The molecule has 0 radical (unpaired) electrons. The lowest BCUT2D eigenvalue weighted by molar-refractivity contribution is 0.411. The molecule has 0 aromatic carbocycles. The molecule has 44 valence electrons. The highest BCUT2D eigenvalue weighted by Gasteiger charge is 1.90. The van der Waals surface area contributed by atoms with Gasteiger partial charge in [-0.3, -0.25) is 0 Å². The van der Waals surface area contributed by atoms with Crippen LogP contribution in [0.4, 0.5) is 0 Å². The summed E-state index contributed by atoms with van der Waals surface area (Å²) < 4.78 is 4.62. The molecule has 0 aliphatic heterocycles. The third-order valence-electron chi connectivity index (χ3n) is 0.997. The van der Waals surface area contributed by atoms with Crippen LogP contribution in [-0.4, -0.2) is 5.16 Å². The molecule has 0 atom stereocenters. The molecule has 0 amide bonds. The number of aryl methyl sites for hydroxylation is 1. The zero-order valence-corrected chi connectivity index (χ0v) is 4.92. The minimum Gasteiger partial charge on any atom is -0.365 e. The van der Waals surface area contributed by atoms with Gasteiger partial charge in [0.15, 0.2) is 0 Å². The van der Waals surface area contributed by atoms with Gasteiger partial charge in [0, 0.05) is 6.07 Å². The Hall–Kier alpha value is -0.790. The summed E-state index contributed by atoms with van der Waals surface area (Å²) in [7, 11) is 0. The molecular formula is C6H9NO. The summed E-state index contributed by atoms with van der Waals surface area (Å²) in [5.41, 5.74) is 1.05. The van der Waals surface area contributed by atoms with E-state index in [1.807, 2.05) is 6.07 Å². The minimum atomic E-state index is 1.02. The van der Waals surface area contributed by atoms with Crippen LogP contribution in [0.25, 0.3) is 0 Å². The molecule has 8 heavy (non-hydrogen) atoms. The molecule has 2 heteroatoms. The van der Waals surface area contributed by atoms with Crippen molar-refractivity contribution in [3.63, 3.8) is 0 Å². The van der Waals surface area contributed by atoms with Gasteiger partial charge in [-0.15, -0.1) is 0 Å². The maximum absolute atomic E-state index is 4.62. The topological polar surface area (TPSA) is 26.0 Å². The fraction of sp³-hybridized carbons (Fsp3) is 0.500. The summed E-state index contributed by atoms with van der Waals surface area (Å²) in [5, 5.41) is 3.73. The number of hydrogen-bond acceptors (Lipinski definition) is 2. The SMILES string of the molecule is CCCc1ccon1. The molecule has 0 fully saturated rings. The fourth-order valence-corrected chi connectivity index (χ4v) is 0.623. The third kappa shape index (κ3) is 1.09. The Morgan fingerprint density at radius 1 is 1.75 bits per heavy atom. The second-order valence-corrected chi connectivity index (χ2v) is 1.74. The average Bonchev–Trinajstić information content (AvgIpc) is 2.19. The Morgan fingerprint density at radius 3 is 3.12 bits per heavy atom. The predicted molar refractivity (Wildman–Crippen MR) is 30.5 cm³/mol. The van der Waals surface area contributed by atoms with Gasteiger partial charge in [-0.25, -0.2) is 0 Å². The van der Waals surface area contributed by atoms with Crippen LogP contribution in [0, 0.1) is 0 Å². The highest BCUT2D eigenvalue weighted by Crippen LogP contribution is 1.96. The molecule has 0 saturated heterocycles. The van der Waals surface area contributed by atoms with Gasteiger partial charge in [-0.1, -0.05) is 18.5 Å². The normalized spacial score (nSPS) is 9.62. The van der Waals surface area contributed by atoms with E-state index in [2.05, 4.69) is 16.6 Å². The van der Waals surface area contributed by atoms with Crippen molar-refractivity contribution in [1.29, 1.82) is 0 Å². The van der Waals surface area contributed by atoms with E-state index in [9.17, 15) is 0 Å². The van der Waals surface area contributed by atoms with Gasteiger partial charge >= 0.3 is 0 Å². The van der Waals surface area contributed by atoms with E-state index in [1.54, 1.807) is 6.26 Å². The van der Waals surface area contributed by atoms with E-state index in [4.69, 9.17) is 0 Å². The quantitative estimate of drug-likeness (QED) is 0.579. The molecule has 0 N–H and O–H groups in total. The Labute approximate surface area is 48.5 Å². The van der Waals surface area contributed by atoms with Gasteiger partial charge in [-0.05, 0) is 6.42 Å². The first-order chi connectivity index (χ1) is 3.93. The summed E-state index contributed by atoms with van der Waals surface area (Å²) >= 11 is 0. The van der Waals surface area contributed by atoms with Gasteiger partial charge in [0.25, 0.3) is 0 Å². The van der Waals surface area contributed by atoms with Gasteiger partial charge in [0.1, 0.15) is 6.26 Å². The number of aromatic nitrogens is 1. The summed E-state index contributed by atoms with van der Waals surface area (Å²) in [6.45, 7) is 2.12. The van der Waals surface area contributed by atoms with Crippen molar-refractivity contribution >= 4 is 0 Å². The predicted octanol–water partition coefficient (Wildman–Crippen LogP) is 1.63. The van der Waals surface area contributed by atoms with Gasteiger partial charge in [0.05, 0.1) is 5.69 Å². The Morgan fingerprint density at radius 2 is 2.62 bits per heavy atom. The van der Waals surface area contributed by atoms with E-state index in [0.717, 1.165) is 18.5 Å². The van der Waals surface area contributed by atoms with E-state index >= 15 is 0 Å². The molecular weight excluding hydrogens is 102 g/mol. The number of hydrogen-bond donors (Lipinski definition) is 0. The number of nitrogens with zero attached hydrogens (tertiary/aromatic N) is 1. The highest BCUT2D eigenvalue weighted by atomic mass is 16.5. The van der Waals surface area contributed by atoms with E-state index in [-0.39, 0.29) is 0 Å². The Bertz CT molecular complexity index is 134. The molecule has 0 aliphatic carbocycles. The first-order valence-electron chi connectivity index (χ1n) is 2.82. The molecule has 0 unspecified atom stereocenters. The monoisotopic (exact) mass is 111 g/mol. The lowest BCUT2D eigenvalue weighted by Crippen LogP contribution is -1.78. The molecule has 0 spiro atoms. The van der Waals surface area contributed by atoms with Crippen molar-refractivity contribution in [2.75, 3.05) is 0 Å². The van der Waals surface area contributed by atoms with Gasteiger partial charge in [0.2, 0.25) is 0 Å². The van der Waals surface area contributed by atoms with E-state index in [1.165, 1.54) is 0 Å². The molecule has 1 aromatic rings. The van der Waals surface area contributed by atoms with Crippen molar-refractivity contribution < 1.29 is 4.52 Å². The first kappa shape index (κ1) is 5.35. The Balaban J connectivity index is 2.50. The molecule has 0 bridgehead atoms. The van der Waals surface area contributed by atoms with E-state index in [0.29, 0.717) is 0 Å². The zero-order valence-electron chi connectivity index (χ0n) is 4.92. The van der Waals surface area contributed by atoms with Crippen LogP contribution in [0.2, 0.25) is 0 Å². The lowest BCUT2D eigenvalue weighted by Gasteiger charge is -1.82. The third-order valence-corrected chi connectivity index (χ3v) is 0.997. The van der Waals surface area contributed by atoms with Crippen LogP contribution in [0.3, 0.4) is 0 Å². The maximum atomic E-state index is 4.62. The minimum absolute atomic E-state index is 1.02. The molecule has 0 saturated carbocycles. The molecule has 0 aliphatic rings. The molecule has 2 nitrogen and oxygen atoms in total. The van der Waals surface area contributed by atoms with Gasteiger partial charge < -0.3 is 4.52 Å². The lowest BCUT2D eigenvalue weighted by atomic mass is 10.3. The smallest absolute Gasteiger partial charge is 0.124 e. The van der Waals surface area contributed by atoms with Crippen LogP contribution in [-0.2, 0) is 6.42 Å². The second kappa shape index (κ2) is 2.50. The summed E-state index contributed by atoms with van der Waals surface area (Å²) in [5.74, 6) is 0. The fourth-order valence-electron chi connectivity index (χ4n) is 0.623. The zero-order chi connectivity index (χ0) is 5.82. The van der Waals surface area contributed by atoms with Crippen molar-refractivity contribution in [2.24, 2.45) is 0 Å². The molecule has 1 rings (SSSR count). The number of rotatable bonds is 2. The highest BCUT2D eigenvalue weighted by molar-refractivity contribution is 4.94. The maximum Gasteiger partial charge on any atom is 0.124 e. The van der Waals surface area contributed by atoms with Crippen LogP contribution >= 0.6 is 0 Å². The van der Waals surface area contributed by atoms with Crippen molar-refractivity contribution in [2.45, 2.75) is 19.8 Å². The van der Waals surface area contributed by atoms with Gasteiger partial charge in [-0.2, -0.15) is 0 Å². The standard InChI is InChI=1S/C6H9NO/c1-2-3-6-4-5-8-7-6/h4-5H,2-3H2,1H3. The van der Waals surface area contributed by atoms with Crippen molar-refractivity contribution in [3.05, 3.63) is 18.0 Å². The van der Waals surface area contributed by atoms with Crippen LogP contribution in [0.1, 0.15) is 19.0 Å². The first-order valence-corrected chi connectivity index (χ1v) is 2.82. The Kier molecular flexibility index (Phi) is 1.67. The van der Waals surface area contributed by atoms with Crippen molar-refractivity contribution in [3.8, 4) is 0 Å².